The van der Waals surface area contributed by atoms with Crippen LogP contribution in [0.5, 0.6) is 0 Å². The van der Waals surface area contributed by atoms with Gasteiger partial charge in [0.05, 0.1) is 13.2 Å². The largest absolute Gasteiger partial charge is 0.550 e. The van der Waals surface area contributed by atoms with Crippen LogP contribution in [0.25, 0.3) is 0 Å². The number of aliphatic hydroxyl groups excluding tert-OH is 2. The Hall–Kier alpha value is -1.14. The van der Waals surface area contributed by atoms with Crippen molar-refractivity contribution in [3.63, 3.8) is 0 Å². The summed E-state index contributed by atoms with van der Waals surface area (Å²) < 4.78 is 0. The van der Waals surface area contributed by atoms with Crippen molar-refractivity contribution in [1.82, 2.24) is 0 Å². The van der Waals surface area contributed by atoms with Crippen molar-refractivity contribution in [2.45, 2.75) is 181 Å². The van der Waals surface area contributed by atoms with Crippen molar-refractivity contribution < 1.29 is 30.0 Å². The van der Waals surface area contributed by atoms with Gasteiger partial charge in [0.15, 0.2) is 0 Å². The van der Waals surface area contributed by atoms with Gasteiger partial charge in [-0.25, -0.2) is 0 Å². The van der Waals surface area contributed by atoms with Gasteiger partial charge in [-0.3, -0.25) is 0 Å². The van der Waals surface area contributed by atoms with Gasteiger partial charge in [-0.2, -0.15) is 0 Å². The van der Waals surface area contributed by atoms with Crippen LogP contribution in [0.15, 0.2) is 0 Å². The highest BCUT2D eigenvalue weighted by Gasteiger charge is 1.95. The van der Waals surface area contributed by atoms with Crippen LogP contribution in [0.2, 0.25) is 0 Å². The molecule has 0 heterocycles. The van der Waals surface area contributed by atoms with E-state index in [0.717, 1.165) is 25.7 Å². The molecule has 230 valence electrons. The molecule has 0 spiro atoms. The van der Waals surface area contributed by atoms with Crippen molar-refractivity contribution in [3.8, 4) is 0 Å². The summed E-state index contributed by atoms with van der Waals surface area (Å²) in [4.78, 5) is 20.3. The normalized spacial score (nSPS) is 10.3. The summed E-state index contributed by atoms with van der Waals surface area (Å²) in [6, 6.07) is 0. The lowest BCUT2D eigenvalue weighted by atomic mass is 10.0. The molecule has 0 aromatic rings. The zero-order valence-electron chi connectivity index (χ0n) is 25.3. The Morgan fingerprint density at radius 2 is 0.579 bits per heavy atom. The quantitative estimate of drug-likeness (QED) is 0.112. The third-order valence-corrected chi connectivity index (χ3v) is 6.57. The molecule has 0 saturated heterocycles. The molecular weight excluding hydrogens is 480 g/mol. The summed E-state index contributed by atoms with van der Waals surface area (Å²) in [5.41, 5.74) is 0. The van der Waals surface area contributed by atoms with Crippen LogP contribution < -0.4 is 10.2 Å². The van der Waals surface area contributed by atoms with Gasteiger partial charge < -0.3 is 30.0 Å². The van der Waals surface area contributed by atoms with Gasteiger partial charge in [-0.1, -0.05) is 155 Å². The Labute approximate surface area is 236 Å². The first-order valence-electron chi connectivity index (χ1n) is 16.1. The van der Waals surface area contributed by atoms with Crippen LogP contribution >= 0.6 is 0 Å². The number of hydrogen-bond donors (Lipinski definition) is 2. The highest BCUT2D eigenvalue weighted by atomic mass is 16.4. The van der Waals surface area contributed by atoms with E-state index in [1.807, 2.05) is 0 Å². The average molecular weight is 545 g/mol. The second-order valence-electron chi connectivity index (χ2n) is 10.5. The fourth-order valence-electron chi connectivity index (χ4n) is 4.22. The number of unbranched alkanes of at least 4 members (excludes halogenated alkanes) is 22. The minimum Gasteiger partial charge on any atom is -0.550 e. The van der Waals surface area contributed by atoms with Gasteiger partial charge in [0.25, 0.3) is 0 Å². The molecule has 0 aromatic heterocycles. The lowest BCUT2D eigenvalue weighted by Crippen LogP contribution is -2.21. The zero-order chi connectivity index (χ0) is 29.0. The van der Waals surface area contributed by atoms with Crippen molar-refractivity contribution >= 4 is 11.9 Å². The third-order valence-electron chi connectivity index (χ3n) is 6.57. The molecule has 0 amide bonds. The van der Waals surface area contributed by atoms with E-state index in [2.05, 4.69) is 13.8 Å². The van der Waals surface area contributed by atoms with Crippen LogP contribution in [0.4, 0.5) is 0 Å². The smallest absolute Gasteiger partial charge is 0.0662 e. The zero-order valence-corrected chi connectivity index (χ0v) is 25.3. The van der Waals surface area contributed by atoms with Gasteiger partial charge in [0.2, 0.25) is 0 Å². The molecule has 0 aliphatic carbocycles. The van der Waals surface area contributed by atoms with Crippen LogP contribution in [-0.2, 0) is 9.59 Å². The summed E-state index contributed by atoms with van der Waals surface area (Å²) in [7, 11) is 0. The van der Waals surface area contributed by atoms with Gasteiger partial charge >= 0.3 is 0 Å². The molecule has 0 fully saturated rings. The first kappa shape index (κ1) is 41.3. The van der Waals surface area contributed by atoms with E-state index >= 15 is 0 Å². The van der Waals surface area contributed by atoms with Crippen LogP contribution in [0, 0.1) is 0 Å². The van der Waals surface area contributed by atoms with Crippen LogP contribution in [0.1, 0.15) is 181 Å². The average Bonchev–Trinajstić information content (AvgIpc) is 2.90. The predicted molar refractivity (Wildman–Crippen MR) is 156 cm³/mol. The minimum atomic E-state index is -0.907. The lowest BCUT2D eigenvalue weighted by molar-refractivity contribution is -0.307. The molecule has 6 heteroatoms. The minimum absolute atomic E-state index is 0.125. The first-order valence-corrected chi connectivity index (χ1v) is 16.1. The second kappa shape index (κ2) is 40.4. The monoisotopic (exact) mass is 544 g/mol. The summed E-state index contributed by atoms with van der Waals surface area (Å²) in [6.07, 6.45) is 31.0. The Bertz CT molecular complexity index is 440. The van der Waals surface area contributed by atoms with Gasteiger partial charge in [0, 0.05) is 11.9 Å². The highest BCUT2D eigenvalue weighted by molar-refractivity contribution is 5.64. The Morgan fingerprint density at radius 3 is 0.737 bits per heavy atom. The van der Waals surface area contributed by atoms with Crippen molar-refractivity contribution in [3.05, 3.63) is 0 Å². The number of carboxylic acid groups (broad SMARTS) is 2. The summed E-state index contributed by atoms with van der Waals surface area (Å²) in [6.45, 7) is 4.25. The molecule has 0 bridgehead atoms. The Kier molecular flexibility index (Phi) is 43.9. The van der Waals surface area contributed by atoms with E-state index in [9.17, 15) is 19.8 Å². The first-order chi connectivity index (χ1) is 18.5. The third kappa shape index (κ3) is 51.5. The SMILES string of the molecule is CCCCCCCCCCCCCC(=O)[O-].CCCCCCCCCCCCCCCC(=O)[O-].OCCO. The molecule has 0 atom stereocenters. The highest BCUT2D eigenvalue weighted by Crippen LogP contribution is 2.13. The molecule has 6 nitrogen and oxygen atoms in total. The van der Waals surface area contributed by atoms with E-state index in [1.165, 1.54) is 128 Å². The molecule has 0 aliphatic rings. The molecule has 0 saturated carbocycles. The van der Waals surface area contributed by atoms with Crippen LogP contribution in [0.3, 0.4) is 0 Å². The van der Waals surface area contributed by atoms with Gasteiger partial charge in [0.1, 0.15) is 0 Å². The number of hydrogen-bond acceptors (Lipinski definition) is 6. The summed E-state index contributed by atoms with van der Waals surface area (Å²) in [5, 5.41) is 35.6. The van der Waals surface area contributed by atoms with Crippen molar-refractivity contribution in [2.75, 3.05) is 13.2 Å². The summed E-state index contributed by atoms with van der Waals surface area (Å²) >= 11 is 0. The molecule has 0 aliphatic heterocycles. The van der Waals surface area contributed by atoms with E-state index in [1.54, 1.807) is 0 Å². The molecular formula is C32H64O6-2. The predicted octanol–water partition coefficient (Wildman–Crippen LogP) is 6.63. The van der Waals surface area contributed by atoms with Crippen LogP contribution in [-0.4, -0.2) is 35.4 Å². The molecule has 2 N–H and O–H groups in total. The fraction of sp³-hybridized carbons (Fsp3) is 0.938. The van der Waals surface area contributed by atoms with E-state index < -0.39 is 11.9 Å². The fourth-order valence-corrected chi connectivity index (χ4v) is 4.22. The van der Waals surface area contributed by atoms with Crippen molar-refractivity contribution in [2.24, 2.45) is 0 Å². The molecule has 0 unspecified atom stereocenters. The Balaban J connectivity index is -0.000000567. The van der Waals surface area contributed by atoms with Crippen molar-refractivity contribution in [1.29, 1.82) is 0 Å². The maximum atomic E-state index is 10.2. The molecule has 0 rings (SSSR count). The number of carbonyl (C=O) groups is 2. The second-order valence-corrected chi connectivity index (χ2v) is 10.5. The lowest BCUT2D eigenvalue weighted by Gasteiger charge is -2.03. The molecule has 38 heavy (non-hydrogen) atoms. The number of carboxylic acids is 2. The van der Waals surface area contributed by atoms with Gasteiger partial charge in [-0.05, 0) is 25.7 Å². The number of aliphatic carboxylic acids is 2. The molecule has 0 radical (unpaired) electrons. The van der Waals surface area contributed by atoms with E-state index in [0.29, 0.717) is 0 Å². The standard InChI is InChI=1S/C16H32O2.C14H28O2.C2H6O2/c1-2-3-4-5-6-7-8-9-10-11-12-13-14-15-16(17)18;1-2-3-4-5-6-7-8-9-10-11-12-13-14(15)16;3-1-2-4/h2-15H2,1H3,(H,17,18);2-13H2,1H3,(H,15,16);3-4H,1-2H2/p-2. The van der Waals surface area contributed by atoms with Gasteiger partial charge in [-0.15, -0.1) is 0 Å². The maximum absolute atomic E-state index is 10.2. The van der Waals surface area contributed by atoms with E-state index in [-0.39, 0.29) is 26.1 Å². The summed E-state index contributed by atoms with van der Waals surface area (Å²) in [5.74, 6) is -1.81. The maximum Gasteiger partial charge on any atom is 0.0662 e. The number of carbonyl (C=O) groups excluding carboxylic acids is 2. The Morgan fingerprint density at radius 1 is 0.395 bits per heavy atom. The van der Waals surface area contributed by atoms with E-state index in [4.69, 9.17) is 10.2 Å². The number of aliphatic hydroxyl groups is 2. The number of rotatable bonds is 27. The molecule has 0 aromatic carbocycles. The topological polar surface area (TPSA) is 121 Å².